The van der Waals surface area contributed by atoms with Crippen LogP contribution in [0, 0.1) is 0 Å². The quantitative estimate of drug-likeness (QED) is 0.179. The molecule has 0 saturated carbocycles. The summed E-state index contributed by atoms with van der Waals surface area (Å²) in [5, 5.41) is 3.91. The SMILES string of the molecule is O=C1C(=Cc2ccc(N(c3ccccc3)c3ccccc3)c3ccccc23)C(=O)c2cc3ccccc3cc21. The number of para-hydroxylation sites is 2. The Kier molecular flexibility index (Phi) is 5.42. The molecule has 0 amide bonds. The van der Waals surface area contributed by atoms with Crippen LogP contribution in [0.5, 0.6) is 0 Å². The van der Waals surface area contributed by atoms with Crippen molar-refractivity contribution in [3.05, 3.63) is 156 Å². The molecule has 0 radical (unpaired) electrons. The largest absolute Gasteiger partial charge is 0.310 e. The number of Topliss-reactive ketones (excluding diaryl/α,β-unsaturated/α-hetero) is 2. The Morgan fingerprint density at radius 1 is 0.487 bits per heavy atom. The minimum absolute atomic E-state index is 0.209. The van der Waals surface area contributed by atoms with E-state index in [2.05, 4.69) is 41.3 Å². The summed E-state index contributed by atoms with van der Waals surface area (Å²) in [6.45, 7) is 0. The van der Waals surface area contributed by atoms with Gasteiger partial charge >= 0.3 is 0 Å². The number of carbonyl (C=O) groups excluding carboxylic acids is 2. The van der Waals surface area contributed by atoms with Crippen LogP contribution < -0.4 is 4.90 Å². The van der Waals surface area contributed by atoms with E-state index in [1.54, 1.807) is 6.08 Å². The van der Waals surface area contributed by atoms with Crippen molar-refractivity contribution in [1.29, 1.82) is 0 Å². The van der Waals surface area contributed by atoms with Crippen molar-refractivity contribution in [1.82, 2.24) is 0 Å². The number of ketones is 2. The Bertz CT molecular complexity index is 1840. The molecule has 6 aromatic rings. The molecular formula is C36H23NO2. The number of allylic oxidation sites excluding steroid dienone is 1. The Labute approximate surface area is 226 Å². The molecule has 0 aliphatic heterocycles. The summed E-state index contributed by atoms with van der Waals surface area (Å²) in [6.07, 6.45) is 1.76. The van der Waals surface area contributed by atoms with Crippen LogP contribution in [-0.2, 0) is 0 Å². The molecule has 0 saturated heterocycles. The molecule has 0 aromatic heterocycles. The molecule has 0 heterocycles. The number of benzene rings is 6. The van der Waals surface area contributed by atoms with Gasteiger partial charge in [0.2, 0.25) is 0 Å². The molecule has 0 N–H and O–H groups in total. The van der Waals surface area contributed by atoms with Crippen LogP contribution in [0.3, 0.4) is 0 Å². The number of nitrogens with zero attached hydrogens (tertiary/aromatic N) is 1. The maximum atomic E-state index is 13.4. The molecule has 0 fully saturated rings. The molecule has 7 rings (SSSR count). The number of hydrogen-bond donors (Lipinski definition) is 0. The Morgan fingerprint density at radius 2 is 0.974 bits per heavy atom. The lowest BCUT2D eigenvalue weighted by atomic mass is 9.98. The van der Waals surface area contributed by atoms with Crippen LogP contribution in [0.2, 0.25) is 0 Å². The third-order valence-electron chi connectivity index (χ3n) is 7.37. The fraction of sp³-hybridized carbons (Fsp3) is 0. The minimum Gasteiger partial charge on any atom is -0.310 e. The highest BCUT2D eigenvalue weighted by Gasteiger charge is 2.33. The zero-order chi connectivity index (χ0) is 26.3. The monoisotopic (exact) mass is 501 g/mol. The van der Waals surface area contributed by atoms with Crippen LogP contribution >= 0.6 is 0 Å². The molecule has 184 valence electrons. The third-order valence-corrected chi connectivity index (χ3v) is 7.37. The highest BCUT2D eigenvalue weighted by Crippen LogP contribution is 2.40. The molecule has 39 heavy (non-hydrogen) atoms. The van der Waals surface area contributed by atoms with Gasteiger partial charge < -0.3 is 4.90 Å². The maximum Gasteiger partial charge on any atom is 0.197 e. The van der Waals surface area contributed by atoms with Crippen molar-refractivity contribution in [2.75, 3.05) is 4.90 Å². The summed E-state index contributed by atoms with van der Waals surface area (Å²) < 4.78 is 0. The van der Waals surface area contributed by atoms with Crippen LogP contribution in [0.25, 0.3) is 27.6 Å². The second-order valence-corrected chi connectivity index (χ2v) is 9.69. The summed E-state index contributed by atoms with van der Waals surface area (Å²) in [6, 6.07) is 44.2. The molecule has 3 heteroatoms. The lowest BCUT2D eigenvalue weighted by Gasteiger charge is -2.27. The van der Waals surface area contributed by atoms with Crippen molar-refractivity contribution in [2.24, 2.45) is 0 Å². The average Bonchev–Trinajstić information content (AvgIpc) is 3.22. The van der Waals surface area contributed by atoms with E-state index < -0.39 is 0 Å². The summed E-state index contributed by atoms with van der Waals surface area (Å²) in [7, 11) is 0. The Morgan fingerprint density at radius 3 is 1.54 bits per heavy atom. The first kappa shape index (κ1) is 22.9. The smallest absolute Gasteiger partial charge is 0.197 e. The fourth-order valence-corrected chi connectivity index (χ4v) is 5.50. The lowest BCUT2D eigenvalue weighted by Crippen LogP contribution is -2.10. The van der Waals surface area contributed by atoms with E-state index in [0.29, 0.717) is 11.1 Å². The molecule has 0 spiro atoms. The van der Waals surface area contributed by atoms with Gasteiger partial charge in [-0.15, -0.1) is 0 Å². The number of rotatable bonds is 4. The van der Waals surface area contributed by atoms with Gasteiger partial charge in [0.25, 0.3) is 0 Å². The van der Waals surface area contributed by atoms with Gasteiger partial charge in [0, 0.05) is 27.9 Å². The van der Waals surface area contributed by atoms with E-state index in [0.717, 1.165) is 44.2 Å². The molecule has 0 atom stereocenters. The van der Waals surface area contributed by atoms with Gasteiger partial charge in [-0.3, -0.25) is 9.59 Å². The molecule has 3 nitrogen and oxygen atoms in total. The van der Waals surface area contributed by atoms with Crippen molar-refractivity contribution in [3.8, 4) is 0 Å². The minimum atomic E-state index is -0.218. The first-order valence-electron chi connectivity index (χ1n) is 12.9. The van der Waals surface area contributed by atoms with Crippen LogP contribution in [-0.4, -0.2) is 11.6 Å². The first-order valence-corrected chi connectivity index (χ1v) is 12.9. The number of hydrogen-bond acceptors (Lipinski definition) is 3. The van der Waals surface area contributed by atoms with E-state index in [1.165, 1.54) is 0 Å². The number of anilines is 3. The Hall–Kier alpha value is -5.28. The Balaban J connectivity index is 1.38. The summed E-state index contributed by atoms with van der Waals surface area (Å²) in [5.41, 5.74) is 5.11. The van der Waals surface area contributed by atoms with Gasteiger partial charge in [0.15, 0.2) is 11.6 Å². The van der Waals surface area contributed by atoms with E-state index in [9.17, 15) is 9.59 Å². The van der Waals surface area contributed by atoms with Crippen LogP contribution in [0.4, 0.5) is 17.1 Å². The van der Waals surface area contributed by atoms with Crippen molar-refractivity contribution in [2.45, 2.75) is 0 Å². The molecule has 0 bridgehead atoms. The lowest BCUT2D eigenvalue weighted by molar-refractivity contribution is 0.0990. The summed E-state index contributed by atoms with van der Waals surface area (Å²) in [5.74, 6) is -0.437. The van der Waals surface area contributed by atoms with Gasteiger partial charge in [0.05, 0.1) is 11.3 Å². The highest BCUT2D eigenvalue weighted by molar-refractivity contribution is 6.42. The number of fused-ring (bicyclic) bond motifs is 3. The molecule has 1 aliphatic rings. The summed E-state index contributed by atoms with van der Waals surface area (Å²) >= 11 is 0. The van der Waals surface area contributed by atoms with Gasteiger partial charge in [-0.1, -0.05) is 91.0 Å². The van der Waals surface area contributed by atoms with Crippen molar-refractivity contribution >= 4 is 56.2 Å². The van der Waals surface area contributed by atoms with E-state index in [1.807, 2.05) is 97.1 Å². The standard InChI is InChI=1S/C36H23NO2/c38-35-31-21-24-11-7-8-12-25(24)22-32(31)36(39)33(35)23-26-19-20-34(30-18-10-9-17-29(26)30)37(27-13-3-1-4-14-27)28-15-5-2-6-16-28/h1-23H. The zero-order valence-corrected chi connectivity index (χ0v) is 21.0. The molecular weight excluding hydrogens is 478 g/mol. The van der Waals surface area contributed by atoms with E-state index in [-0.39, 0.29) is 17.1 Å². The predicted molar refractivity (Wildman–Crippen MR) is 159 cm³/mol. The van der Waals surface area contributed by atoms with Gasteiger partial charge in [0.1, 0.15) is 0 Å². The first-order chi connectivity index (χ1) is 19.2. The number of carbonyl (C=O) groups is 2. The second-order valence-electron chi connectivity index (χ2n) is 9.69. The second kappa shape index (κ2) is 9.23. The molecule has 1 aliphatic carbocycles. The van der Waals surface area contributed by atoms with E-state index >= 15 is 0 Å². The summed E-state index contributed by atoms with van der Waals surface area (Å²) in [4.78, 5) is 29.1. The van der Waals surface area contributed by atoms with Gasteiger partial charge in [-0.05, 0) is 70.3 Å². The van der Waals surface area contributed by atoms with Gasteiger partial charge in [-0.2, -0.15) is 0 Å². The maximum absolute atomic E-state index is 13.4. The fourth-order valence-electron chi connectivity index (χ4n) is 5.50. The normalized spacial score (nSPS) is 12.7. The van der Waals surface area contributed by atoms with Crippen molar-refractivity contribution in [3.63, 3.8) is 0 Å². The van der Waals surface area contributed by atoms with Gasteiger partial charge in [-0.25, -0.2) is 0 Å². The van der Waals surface area contributed by atoms with E-state index in [4.69, 9.17) is 0 Å². The molecule has 0 unspecified atom stereocenters. The highest BCUT2D eigenvalue weighted by atomic mass is 16.2. The van der Waals surface area contributed by atoms with Crippen LogP contribution in [0.1, 0.15) is 26.3 Å². The molecule has 6 aromatic carbocycles. The average molecular weight is 502 g/mol. The predicted octanol–water partition coefficient (Wildman–Crippen LogP) is 8.93. The topological polar surface area (TPSA) is 37.4 Å². The van der Waals surface area contributed by atoms with Crippen LogP contribution in [0.15, 0.2) is 139 Å². The zero-order valence-electron chi connectivity index (χ0n) is 21.0. The third kappa shape index (κ3) is 3.84. The van der Waals surface area contributed by atoms with Crippen molar-refractivity contribution < 1.29 is 9.59 Å².